The molecule has 20 heavy (non-hydrogen) atoms. The van der Waals surface area contributed by atoms with E-state index in [0.29, 0.717) is 11.0 Å². The Morgan fingerprint density at radius 1 is 1.25 bits per heavy atom. The molecule has 2 heterocycles. The molecule has 1 saturated heterocycles. The standard InChI is InChI=1S/C16H22N2O2/c19-15(20)13-5-8-17-14(9-13)10-18-11-16(12-18)6-3-1-2-4-7-16/h5,8-9H,1-4,6-7,10-12H2,(H,19,20). The summed E-state index contributed by atoms with van der Waals surface area (Å²) < 4.78 is 0. The van der Waals surface area contributed by atoms with Crippen LogP contribution in [0.25, 0.3) is 0 Å². The molecule has 0 amide bonds. The Morgan fingerprint density at radius 3 is 2.60 bits per heavy atom. The van der Waals surface area contributed by atoms with Gasteiger partial charge in [0.15, 0.2) is 0 Å². The van der Waals surface area contributed by atoms with Crippen LogP contribution in [-0.4, -0.2) is 34.0 Å². The van der Waals surface area contributed by atoms with Crippen molar-refractivity contribution in [3.05, 3.63) is 29.6 Å². The number of aromatic carboxylic acids is 1. The van der Waals surface area contributed by atoms with Crippen LogP contribution in [0.2, 0.25) is 0 Å². The van der Waals surface area contributed by atoms with Gasteiger partial charge in [-0.1, -0.05) is 25.7 Å². The van der Waals surface area contributed by atoms with Crippen LogP contribution < -0.4 is 0 Å². The van der Waals surface area contributed by atoms with Crippen molar-refractivity contribution in [3.63, 3.8) is 0 Å². The summed E-state index contributed by atoms with van der Waals surface area (Å²) >= 11 is 0. The van der Waals surface area contributed by atoms with Crippen molar-refractivity contribution < 1.29 is 9.90 Å². The summed E-state index contributed by atoms with van der Waals surface area (Å²) in [6.07, 6.45) is 9.87. The number of carbonyl (C=O) groups is 1. The van der Waals surface area contributed by atoms with E-state index in [-0.39, 0.29) is 0 Å². The normalized spacial score (nSPS) is 22.2. The number of nitrogens with zero attached hydrogens (tertiary/aromatic N) is 2. The third kappa shape index (κ3) is 2.85. The second-order valence-electron chi connectivity index (χ2n) is 6.40. The van der Waals surface area contributed by atoms with E-state index in [1.54, 1.807) is 18.3 Å². The minimum absolute atomic E-state index is 0.333. The SMILES string of the molecule is O=C(O)c1ccnc(CN2CC3(CCCCCC3)C2)c1. The van der Waals surface area contributed by atoms with Crippen molar-refractivity contribution in [2.45, 2.75) is 45.1 Å². The lowest BCUT2D eigenvalue weighted by molar-refractivity contribution is -0.0184. The molecule has 2 fully saturated rings. The predicted molar refractivity (Wildman–Crippen MR) is 76.6 cm³/mol. The van der Waals surface area contributed by atoms with Gasteiger partial charge in [-0.2, -0.15) is 0 Å². The molecule has 1 aliphatic heterocycles. The van der Waals surface area contributed by atoms with Crippen molar-refractivity contribution in [1.82, 2.24) is 9.88 Å². The van der Waals surface area contributed by atoms with Crippen LogP contribution in [0.4, 0.5) is 0 Å². The third-order valence-corrected chi connectivity index (χ3v) is 4.73. The van der Waals surface area contributed by atoms with Gasteiger partial charge in [0.1, 0.15) is 0 Å². The number of hydrogen-bond acceptors (Lipinski definition) is 3. The average molecular weight is 274 g/mol. The maximum Gasteiger partial charge on any atom is 0.335 e. The molecule has 1 aromatic heterocycles. The lowest BCUT2D eigenvalue weighted by Crippen LogP contribution is -2.55. The molecule has 2 aliphatic rings. The molecular formula is C16H22N2O2. The summed E-state index contributed by atoms with van der Waals surface area (Å²) in [6.45, 7) is 3.10. The summed E-state index contributed by atoms with van der Waals surface area (Å²) in [7, 11) is 0. The highest BCUT2D eigenvalue weighted by atomic mass is 16.4. The third-order valence-electron chi connectivity index (χ3n) is 4.73. The Kier molecular flexibility index (Phi) is 3.74. The largest absolute Gasteiger partial charge is 0.478 e. The van der Waals surface area contributed by atoms with E-state index < -0.39 is 5.97 Å². The van der Waals surface area contributed by atoms with Gasteiger partial charge in [0.05, 0.1) is 11.3 Å². The second kappa shape index (κ2) is 5.52. The highest BCUT2D eigenvalue weighted by molar-refractivity contribution is 5.87. The van der Waals surface area contributed by atoms with Crippen LogP contribution in [-0.2, 0) is 6.54 Å². The van der Waals surface area contributed by atoms with E-state index >= 15 is 0 Å². The fourth-order valence-corrected chi connectivity index (χ4v) is 3.74. The fraction of sp³-hybridized carbons (Fsp3) is 0.625. The monoisotopic (exact) mass is 274 g/mol. The van der Waals surface area contributed by atoms with Crippen LogP contribution in [0.5, 0.6) is 0 Å². The molecular weight excluding hydrogens is 252 g/mol. The summed E-state index contributed by atoms with van der Waals surface area (Å²) in [5, 5.41) is 9.00. The molecule has 1 N–H and O–H groups in total. The van der Waals surface area contributed by atoms with E-state index in [9.17, 15) is 4.79 Å². The van der Waals surface area contributed by atoms with Crippen molar-refractivity contribution in [2.24, 2.45) is 5.41 Å². The lowest BCUT2D eigenvalue weighted by atomic mass is 9.73. The number of rotatable bonds is 3. The van der Waals surface area contributed by atoms with Crippen LogP contribution in [0, 0.1) is 5.41 Å². The van der Waals surface area contributed by atoms with Crippen molar-refractivity contribution in [3.8, 4) is 0 Å². The summed E-state index contributed by atoms with van der Waals surface area (Å²) in [5.74, 6) is -0.877. The zero-order valence-corrected chi connectivity index (χ0v) is 11.8. The number of pyridine rings is 1. The Morgan fingerprint density at radius 2 is 1.95 bits per heavy atom. The molecule has 0 unspecified atom stereocenters. The molecule has 1 aromatic rings. The van der Waals surface area contributed by atoms with Crippen molar-refractivity contribution in [2.75, 3.05) is 13.1 Å². The highest BCUT2D eigenvalue weighted by Crippen LogP contribution is 2.43. The topological polar surface area (TPSA) is 53.4 Å². The maximum atomic E-state index is 11.0. The second-order valence-corrected chi connectivity index (χ2v) is 6.40. The number of carboxylic acids is 1. The molecule has 0 radical (unpaired) electrons. The molecule has 4 nitrogen and oxygen atoms in total. The van der Waals surface area contributed by atoms with E-state index in [0.717, 1.165) is 25.3 Å². The first-order valence-corrected chi connectivity index (χ1v) is 7.58. The molecule has 0 aromatic carbocycles. The lowest BCUT2D eigenvalue weighted by Gasteiger charge is -2.50. The van der Waals surface area contributed by atoms with Gasteiger partial charge < -0.3 is 5.11 Å². The summed E-state index contributed by atoms with van der Waals surface area (Å²) in [5.41, 5.74) is 1.76. The van der Waals surface area contributed by atoms with Crippen LogP contribution in [0.15, 0.2) is 18.3 Å². The average Bonchev–Trinajstić information content (AvgIpc) is 2.64. The van der Waals surface area contributed by atoms with Gasteiger partial charge in [0.25, 0.3) is 0 Å². The maximum absolute atomic E-state index is 11.0. The Balaban J connectivity index is 1.58. The summed E-state index contributed by atoms with van der Waals surface area (Å²) in [4.78, 5) is 17.7. The van der Waals surface area contributed by atoms with Crippen LogP contribution in [0.3, 0.4) is 0 Å². The van der Waals surface area contributed by atoms with Gasteiger partial charge in [0.2, 0.25) is 0 Å². The molecule has 1 saturated carbocycles. The Labute approximate surface area is 119 Å². The molecule has 0 atom stereocenters. The van der Waals surface area contributed by atoms with Gasteiger partial charge in [0, 0.05) is 25.8 Å². The summed E-state index contributed by atoms with van der Waals surface area (Å²) in [6, 6.07) is 3.25. The van der Waals surface area contributed by atoms with Crippen LogP contribution in [0.1, 0.15) is 54.6 Å². The van der Waals surface area contributed by atoms with Crippen molar-refractivity contribution >= 4 is 5.97 Å². The highest BCUT2D eigenvalue weighted by Gasteiger charge is 2.42. The van der Waals surface area contributed by atoms with Gasteiger partial charge in [-0.25, -0.2) is 4.79 Å². The smallest absolute Gasteiger partial charge is 0.335 e. The van der Waals surface area contributed by atoms with Crippen LogP contribution >= 0.6 is 0 Å². The molecule has 1 aliphatic carbocycles. The Bertz CT molecular complexity index is 485. The van der Waals surface area contributed by atoms with E-state index in [2.05, 4.69) is 9.88 Å². The van der Waals surface area contributed by atoms with E-state index in [1.165, 1.54) is 38.5 Å². The minimum atomic E-state index is -0.877. The first-order valence-electron chi connectivity index (χ1n) is 7.58. The van der Waals surface area contributed by atoms with Gasteiger partial charge in [-0.3, -0.25) is 9.88 Å². The number of hydrogen-bond donors (Lipinski definition) is 1. The van der Waals surface area contributed by atoms with E-state index in [1.807, 2.05) is 0 Å². The first kappa shape index (κ1) is 13.6. The van der Waals surface area contributed by atoms with E-state index in [4.69, 9.17) is 5.11 Å². The molecule has 4 heteroatoms. The minimum Gasteiger partial charge on any atom is -0.478 e. The van der Waals surface area contributed by atoms with Gasteiger partial charge >= 0.3 is 5.97 Å². The molecule has 0 bridgehead atoms. The number of carboxylic acid groups (broad SMARTS) is 1. The van der Waals surface area contributed by atoms with Gasteiger partial charge in [-0.15, -0.1) is 0 Å². The number of aromatic nitrogens is 1. The zero-order chi connectivity index (χ0) is 14.0. The first-order chi connectivity index (χ1) is 9.67. The zero-order valence-electron chi connectivity index (χ0n) is 11.8. The predicted octanol–water partition coefficient (Wildman–Crippen LogP) is 2.94. The molecule has 3 rings (SSSR count). The molecule has 108 valence electrons. The number of likely N-dealkylation sites (tertiary alicyclic amines) is 1. The quantitative estimate of drug-likeness (QED) is 0.920. The van der Waals surface area contributed by atoms with Gasteiger partial charge in [-0.05, 0) is 30.4 Å². The van der Waals surface area contributed by atoms with Crippen molar-refractivity contribution in [1.29, 1.82) is 0 Å². The molecule has 1 spiro atoms. The fourth-order valence-electron chi connectivity index (χ4n) is 3.74. The Hall–Kier alpha value is -1.42.